The number of fused-ring (bicyclic) bond motifs is 3. The van der Waals surface area contributed by atoms with Crippen molar-refractivity contribution in [1.82, 2.24) is 4.98 Å². The average Bonchev–Trinajstić information content (AvgIpc) is 2.85. The first-order valence-electron chi connectivity index (χ1n) is 8.15. The van der Waals surface area contributed by atoms with Crippen LogP contribution in [0.4, 0.5) is 0 Å². The van der Waals surface area contributed by atoms with E-state index >= 15 is 0 Å². The van der Waals surface area contributed by atoms with Gasteiger partial charge in [-0.3, -0.25) is 9.59 Å². The number of carbonyl (C=O) groups excluding carboxylic acids is 1. The van der Waals surface area contributed by atoms with Gasteiger partial charge < -0.3 is 9.72 Å². The molecule has 1 aliphatic carbocycles. The molecule has 0 amide bonds. The van der Waals surface area contributed by atoms with Gasteiger partial charge in [0.05, 0.1) is 23.4 Å². The molecule has 4 nitrogen and oxygen atoms in total. The number of H-pyrrole nitrogens is 1. The van der Waals surface area contributed by atoms with E-state index in [-0.39, 0.29) is 23.2 Å². The zero-order chi connectivity index (χ0) is 17.4. The van der Waals surface area contributed by atoms with Crippen LogP contribution in [0, 0.1) is 5.92 Å². The SMILES string of the molecule is CCOC(=O)C(C)C1=CCc2[nH]c3cc(Cl)ccc(=O)c3c2C1C. The van der Waals surface area contributed by atoms with E-state index in [1.807, 2.05) is 13.8 Å². The third kappa shape index (κ3) is 2.75. The van der Waals surface area contributed by atoms with Crippen LogP contribution < -0.4 is 5.43 Å². The first-order valence-corrected chi connectivity index (χ1v) is 8.52. The molecule has 1 aliphatic rings. The molecule has 1 heterocycles. The van der Waals surface area contributed by atoms with Crippen LogP contribution in [-0.2, 0) is 16.0 Å². The average molecular weight is 346 g/mol. The molecule has 126 valence electrons. The van der Waals surface area contributed by atoms with E-state index in [9.17, 15) is 9.59 Å². The van der Waals surface area contributed by atoms with Crippen LogP contribution in [0.5, 0.6) is 0 Å². The molecular formula is C19H20ClNO3. The molecule has 0 saturated carbocycles. The maximum absolute atomic E-state index is 12.5. The predicted octanol–water partition coefficient (Wildman–Crippen LogP) is 3.97. The number of esters is 1. The summed E-state index contributed by atoms with van der Waals surface area (Å²) >= 11 is 6.10. The highest BCUT2D eigenvalue weighted by Gasteiger charge is 2.30. The Labute approximate surface area is 145 Å². The highest BCUT2D eigenvalue weighted by Crippen LogP contribution is 2.39. The van der Waals surface area contributed by atoms with Crippen molar-refractivity contribution in [2.24, 2.45) is 5.92 Å². The quantitative estimate of drug-likeness (QED) is 0.676. The van der Waals surface area contributed by atoms with Gasteiger partial charge in [0.25, 0.3) is 0 Å². The highest BCUT2D eigenvalue weighted by atomic mass is 35.5. The van der Waals surface area contributed by atoms with Crippen LogP contribution in [0.15, 0.2) is 34.6 Å². The van der Waals surface area contributed by atoms with E-state index in [4.69, 9.17) is 16.3 Å². The fraction of sp³-hybridized carbons (Fsp3) is 0.368. The fourth-order valence-electron chi connectivity index (χ4n) is 3.54. The maximum atomic E-state index is 12.5. The Morgan fingerprint density at radius 2 is 2.21 bits per heavy atom. The molecule has 3 rings (SSSR count). The van der Waals surface area contributed by atoms with Gasteiger partial charge in [-0.1, -0.05) is 30.2 Å². The number of rotatable bonds is 3. The number of hydrogen-bond acceptors (Lipinski definition) is 3. The summed E-state index contributed by atoms with van der Waals surface area (Å²) in [5.74, 6) is -0.583. The fourth-order valence-corrected chi connectivity index (χ4v) is 3.72. The van der Waals surface area contributed by atoms with Gasteiger partial charge in [-0.2, -0.15) is 0 Å². The molecule has 2 unspecified atom stereocenters. The van der Waals surface area contributed by atoms with Gasteiger partial charge in [0.15, 0.2) is 5.43 Å². The monoisotopic (exact) mass is 345 g/mol. The van der Waals surface area contributed by atoms with E-state index in [1.165, 1.54) is 6.07 Å². The van der Waals surface area contributed by atoms with Crippen molar-refractivity contribution in [2.75, 3.05) is 6.61 Å². The van der Waals surface area contributed by atoms with Crippen LogP contribution in [0.25, 0.3) is 10.9 Å². The molecule has 0 fully saturated rings. The van der Waals surface area contributed by atoms with Crippen LogP contribution in [0.2, 0.25) is 5.02 Å². The first-order chi connectivity index (χ1) is 11.4. The van der Waals surface area contributed by atoms with Crippen molar-refractivity contribution in [1.29, 1.82) is 0 Å². The molecule has 2 atom stereocenters. The molecule has 0 radical (unpaired) electrons. The minimum absolute atomic E-state index is 0.0317. The number of aromatic amines is 1. The Bertz CT molecular complexity index is 897. The predicted molar refractivity (Wildman–Crippen MR) is 95.6 cm³/mol. The number of ether oxygens (including phenoxy) is 1. The number of halogens is 1. The Kier molecular flexibility index (Phi) is 4.50. The molecule has 0 bridgehead atoms. The lowest BCUT2D eigenvalue weighted by Crippen LogP contribution is -2.22. The molecule has 24 heavy (non-hydrogen) atoms. The van der Waals surface area contributed by atoms with Gasteiger partial charge in [0.2, 0.25) is 0 Å². The molecule has 0 spiro atoms. The molecule has 5 heteroatoms. The largest absolute Gasteiger partial charge is 0.466 e. The van der Waals surface area contributed by atoms with Gasteiger partial charge in [-0.05, 0) is 37.6 Å². The number of aromatic nitrogens is 1. The summed E-state index contributed by atoms with van der Waals surface area (Å²) in [7, 11) is 0. The third-order valence-corrected chi connectivity index (χ3v) is 4.92. The molecule has 0 saturated heterocycles. The van der Waals surface area contributed by atoms with E-state index in [1.54, 1.807) is 19.1 Å². The lowest BCUT2D eigenvalue weighted by atomic mass is 9.79. The summed E-state index contributed by atoms with van der Waals surface area (Å²) < 4.78 is 5.15. The highest BCUT2D eigenvalue weighted by molar-refractivity contribution is 6.31. The maximum Gasteiger partial charge on any atom is 0.312 e. The minimum Gasteiger partial charge on any atom is -0.466 e. The second kappa shape index (κ2) is 6.44. The van der Waals surface area contributed by atoms with E-state index < -0.39 is 0 Å². The molecule has 2 aromatic rings. The van der Waals surface area contributed by atoms with Crippen molar-refractivity contribution < 1.29 is 9.53 Å². The summed E-state index contributed by atoms with van der Waals surface area (Å²) in [5, 5.41) is 1.17. The van der Waals surface area contributed by atoms with E-state index in [0.29, 0.717) is 23.4 Å². The summed E-state index contributed by atoms with van der Waals surface area (Å²) in [4.78, 5) is 28.0. The molecule has 1 aromatic heterocycles. The van der Waals surface area contributed by atoms with Gasteiger partial charge >= 0.3 is 5.97 Å². The summed E-state index contributed by atoms with van der Waals surface area (Å²) in [6.45, 7) is 6.05. The van der Waals surface area contributed by atoms with Gasteiger partial charge in [0, 0.05) is 23.1 Å². The number of carbonyl (C=O) groups is 1. The van der Waals surface area contributed by atoms with Crippen molar-refractivity contribution >= 4 is 28.5 Å². The van der Waals surface area contributed by atoms with Crippen molar-refractivity contribution in [3.8, 4) is 0 Å². The van der Waals surface area contributed by atoms with Gasteiger partial charge in [-0.25, -0.2) is 0 Å². The van der Waals surface area contributed by atoms with E-state index in [2.05, 4.69) is 11.1 Å². The van der Waals surface area contributed by atoms with E-state index in [0.717, 1.165) is 22.3 Å². The summed E-state index contributed by atoms with van der Waals surface area (Å²) in [6, 6.07) is 4.88. The third-order valence-electron chi connectivity index (χ3n) is 4.69. The van der Waals surface area contributed by atoms with Crippen molar-refractivity contribution in [3.63, 3.8) is 0 Å². The Balaban J connectivity index is 2.11. The molecule has 1 N–H and O–H groups in total. The molecule has 0 aliphatic heterocycles. The van der Waals surface area contributed by atoms with Gasteiger partial charge in [-0.15, -0.1) is 0 Å². The molecular weight excluding hydrogens is 326 g/mol. The van der Waals surface area contributed by atoms with Crippen LogP contribution in [0.1, 0.15) is 37.9 Å². The standard InChI is InChI=1S/C19H20ClNO3/c1-4-24-19(23)11(3)13-6-7-14-17(10(13)2)18-15(21-14)9-12(20)5-8-16(18)22/h5-6,8-11,21H,4,7H2,1-3H3. The Morgan fingerprint density at radius 3 is 2.92 bits per heavy atom. The Hall–Kier alpha value is -2.07. The topological polar surface area (TPSA) is 59.2 Å². The zero-order valence-corrected chi connectivity index (χ0v) is 14.7. The number of allylic oxidation sites excluding steroid dienone is 1. The first kappa shape index (κ1) is 16.8. The summed E-state index contributed by atoms with van der Waals surface area (Å²) in [6.07, 6.45) is 2.73. The number of nitrogens with one attached hydrogen (secondary N) is 1. The Morgan fingerprint density at radius 1 is 1.46 bits per heavy atom. The second-order valence-corrected chi connectivity index (χ2v) is 6.57. The zero-order valence-electron chi connectivity index (χ0n) is 14.0. The van der Waals surface area contributed by atoms with Crippen LogP contribution in [-0.4, -0.2) is 17.6 Å². The lowest BCUT2D eigenvalue weighted by Gasteiger charge is -2.25. The lowest BCUT2D eigenvalue weighted by molar-refractivity contribution is -0.146. The second-order valence-electron chi connectivity index (χ2n) is 6.14. The van der Waals surface area contributed by atoms with Crippen molar-refractivity contribution in [3.05, 3.63) is 56.4 Å². The number of hydrogen-bond donors (Lipinski definition) is 1. The minimum atomic E-state index is -0.325. The van der Waals surface area contributed by atoms with Crippen molar-refractivity contribution in [2.45, 2.75) is 33.1 Å². The summed E-state index contributed by atoms with van der Waals surface area (Å²) in [5.41, 5.74) is 3.66. The normalized spacial score (nSPS) is 18.0. The van der Waals surface area contributed by atoms with Crippen LogP contribution in [0.3, 0.4) is 0 Å². The molecule has 1 aromatic carbocycles. The van der Waals surface area contributed by atoms with Crippen LogP contribution >= 0.6 is 11.6 Å². The smallest absolute Gasteiger partial charge is 0.312 e. The van der Waals surface area contributed by atoms with Gasteiger partial charge in [0.1, 0.15) is 0 Å².